The van der Waals surface area contributed by atoms with E-state index in [2.05, 4.69) is 17.6 Å². The number of hydrogen-bond donors (Lipinski definition) is 2. The van der Waals surface area contributed by atoms with E-state index < -0.39 is 0 Å². The Kier molecular flexibility index (Phi) is 9.72. The number of unbranched alkanes of at least 4 members (excludes halogenated alkanes) is 5. The van der Waals surface area contributed by atoms with Gasteiger partial charge in [0.2, 0.25) is 0 Å². The summed E-state index contributed by atoms with van der Waals surface area (Å²) >= 11 is 0. The van der Waals surface area contributed by atoms with Crippen LogP contribution in [0, 0.1) is 0 Å². The lowest BCUT2D eigenvalue weighted by Gasteiger charge is -2.11. The van der Waals surface area contributed by atoms with Crippen molar-refractivity contribution in [3.63, 3.8) is 0 Å². The summed E-state index contributed by atoms with van der Waals surface area (Å²) in [6.07, 6.45) is 14.1. The van der Waals surface area contributed by atoms with Crippen LogP contribution in [0.25, 0.3) is 0 Å². The van der Waals surface area contributed by atoms with E-state index in [4.69, 9.17) is 0 Å². The minimum Gasteiger partial charge on any atom is -0.315 e. The van der Waals surface area contributed by atoms with Crippen molar-refractivity contribution in [2.75, 3.05) is 19.6 Å². The fourth-order valence-electron chi connectivity index (χ4n) is 2.65. The van der Waals surface area contributed by atoms with Gasteiger partial charge in [0.15, 0.2) is 0 Å². The average Bonchev–Trinajstić information content (AvgIpc) is 2.85. The van der Waals surface area contributed by atoms with Crippen molar-refractivity contribution in [2.45, 2.75) is 77.2 Å². The fraction of sp³-hybridized carbons (Fsp3) is 1.00. The Morgan fingerprint density at radius 2 is 1.53 bits per heavy atom. The van der Waals surface area contributed by atoms with Crippen molar-refractivity contribution in [3.8, 4) is 0 Å². The Morgan fingerprint density at radius 3 is 2.29 bits per heavy atom. The predicted octanol–water partition coefficient (Wildman–Crippen LogP) is 3.47. The molecule has 2 N–H and O–H groups in total. The molecule has 1 fully saturated rings. The van der Waals surface area contributed by atoms with Crippen molar-refractivity contribution in [1.82, 2.24) is 10.6 Å². The maximum atomic E-state index is 3.64. The zero-order valence-corrected chi connectivity index (χ0v) is 11.8. The Hall–Kier alpha value is -0.0800. The molecule has 1 rings (SSSR count). The minimum atomic E-state index is 0.825. The highest BCUT2D eigenvalue weighted by molar-refractivity contribution is 4.73. The molecule has 0 radical (unpaired) electrons. The molecule has 1 saturated carbocycles. The van der Waals surface area contributed by atoms with Gasteiger partial charge in [0, 0.05) is 19.1 Å². The SMILES string of the molecule is CCCCCCCCNCCNC1CCCC1. The Bertz CT molecular complexity index is 153. The van der Waals surface area contributed by atoms with Crippen molar-refractivity contribution in [2.24, 2.45) is 0 Å². The van der Waals surface area contributed by atoms with Crippen LogP contribution in [0.1, 0.15) is 71.1 Å². The molecule has 0 spiro atoms. The summed E-state index contributed by atoms with van der Waals surface area (Å²) in [5.41, 5.74) is 0. The van der Waals surface area contributed by atoms with Crippen molar-refractivity contribution in [3.05, 3.63) is 0 Å². The van der Waals surface area contributed by atoms with Gasteiger partial charge in [-0.2, -0.15) is 0 Å². The topological polar surface area (TPSA) is 24.1 Å². The number of rotatable bonds is 11. The molecule has 2 nitrogen and oxygen atoms in total. The third kappa shape index (κ3) is 8.62. The molecule has 0 atom stereocenters. The van der Waals surface area contributed by atoms with E-state index >= 15 is 0 Å². The van der Waals surface area contributed by atoms with Crippen molar-refractivity contribution < 1.29 is 0 Å². The highest BCUT2D eigenvalue weighted by Gasteiger charge is 2.12. The van der Waals surface area contributed by atoms with Gasteiger partial charge in [-0.3, -0.25) is 0 Å². The van der Waals surface area contributed by atoms with Crippen LogP contribution in [-0.2, 0) is 0 Å². The molecule has 102 valence electrons. The van der Waals surface area contributed by atoms with Crippen molar-refractivity contribution >= 4 is 0 Å². The van der Waals surface area contributed by atoms with E-state index in [-0.39, 0.29) is 0 Å². The van der Waals surface area contributed by atoms with Crippen LogP contribution in [0.5, 0.6) is 0 Å². The Labute approximate surface area is 108 Å². The average molecular weight is 240 g/mol. The second-order valence-corrected chi connectivity index (χ2v) is 5.45. The lowest BCUT2D eigenvalue weighted by Crippen LogP contribution is -2.33. The monoisotopic (exact) mass is 240 g/mol. The fourth-order valence-corrected chi connectivity index (χ4v) is 2.65. The molecular weight excluding hydrogens is 208 g/mol. The summed E-state index contributed by atoms with van der Waals surface area (Å²) in [5, 5.41) is 7.18. The van der Waals surface area contributed by atoms with Gasteiger partial charge in [-0.05, 0) is 25.8 Å². The van der Waals surface area contributed by atoms with E-state index in [9.17, 15) is 0 Å². The van der Waals surface area contributed by atoms with E-state index in [0.717, 1.165) is 19.1 Å². The Morgan fingerprint density at radius 1 is 0.824 bits per heavy atom. The third-order valence-electron chi connectivity index (χ3n) is 3.80. The highest BCUT2D eigenvalue weighted by Crippen LogP contribution is 2.16. The first kappa shape index (κ1) is 15.0. The van der Waals surface area contributed by atoms with Crippen LogP contribution in [0.15, 0.2) is 0 Å². The van der Waals surface area contributed by atoms with E-state index in [1.165, 1.54) is 70.8 Å². The summed E-state index contributed by atoms with van der Waals surface area (Å²) < 4.78 is 0. The maximum Gasteiger partial charge on any atom is 0.00793 e. The zero-order valence-electron chi connectivity index (χ0n) is 11.8. The van der Waals surface area contributed by atoms with E-state index in [1.54, 1.807) is 0 Å². The standard InChI is InChI=1S/C15H32N2/c1-2-3-4-5-6-9-12-16-13-14-17-15-10-7-8-11-15/h15-17H,2-14H2,1H3. The number of nitrogens with one attached hydrogen (secondary N) is 2. The normalized spacial score (nSPS) is 16.8. The molecule has 1 aliphatic rings. The third-order valence-corrected chi connectivity index (χ3v) is 3.80. The quantitative estimate of drug-likeness (QED) is 0.540. The van der Waals surface area contributed by atoms with Gasteiger partial charge < -0.3 is 10.6 Å². The van der Waals surface area contributed by atoms with E-state index in [1.807, 2.05) is 0 Å². The lowest BCUT2D eigenvalue weighted by molar-refractivity contribution is 0.501. The van der Waals surface area contributed by atoms with Crippen molar-refractivity contribution in [1.29, 1.82) is 0 Å². The molecule has 0 aromatic rings. The Balaban J connectivity index is 1.69. The van der Waals surface area contributed by atoms with Gasteiger partial charge >= 0.3 is 0 Å². The van der Waals surface area contributed by atoms with Crippen LogP contribution in [0.2, 0.25) is 0 Å². The van der Waals surface area contributed by atoms with Gasteiger partial charge in [0.05, 0.1) is 0 Å². The molecule has 0 aliphatic heterocycles. The zero-order chi connectivity index (χ0) is 12.2. The molecule has 17 heavy (non-hydrogen) atoms. The molecule has 0 saturated heterocycles. The summed E-state index contributed by atoms with van der Waals surface area (Å²) in [4.78, 5) is 0. The molecule has 2 heteroatoms. The molecule has 1 aliphatic carbocycles. The molecule has 0 amide bonds. The van der Waals surface area contributed by atoms with Crippen LogP contribution in [-0.4, -0.2) is 25.7 Å². The highest BCUT2D eigenvalue weighted by atomic mass is 15.0. The summed E-state index contributed by atoms with van der Waals surface area (Å²) in [6, 6.07) is 0.825. The first-order chi connectivity index (χ1) is 8.43. The van der Waals surface area contributed by atoms with Gasteiger partial charge in [0.25, 0.3) is 0 Å². The minimum absolute atomic E-state index is 0.825. The smallest absolute Gasteiger partial charge is 0.00793 e. The van der Waals surface area contributed by atoms with Crippen LogP contribution < -0.4 is 10.6 Å². The first-order valence-corrected chi connectivity index (χ1v) is 7.87. The van der Waals surface area contributed by atoms with Crippen LogP contribution >= 0.6 is 0 Å². The maximum absolute atomic E-state index is 3.64. The summed E-state index contributed by atoms with van der Waals surface area (Å²) in [7, 11) is 0. The molecule has 0 bridgehead atoms. The lowest BCUT2D eigenvalue weighted by atomic mass is 10.1. The van der Waals surface area contributed by atoms with Gasteiger partial charge in [-0.25, -0.2) is 0 Å². The van der Waals surface area contributed by atoms with Crippen LogP contribution in [0.3, 0.4) is 0 Å². The van der Waals surface area contributed by atoms with Gasteiger partial charge in [-0.1, -0.05) is 51.9 Å². The molecular formula is C15H32N2. The molecule has 0 aromatic carbocycles. The predicted molar refractivity (Wildman–Crippen MR) is 76.5 cm³/mol. The number of hydrogen-bond acceptors (Lipinski definition) is 2. The molecule has 0 heterocycles. The first-order valence-electron chi connectivity index (χ1n) is 7.87. The second kappa shape index (κ2) is 11.0. The molecule has 0 aromatic heterocycles. The van der Waals surface area contributed by atoms with Gasteiger partial charge in [0.1, 0.15) is 0 Å². The van der Waals surface area contributed by atoms with Gasteiger partial charge in [-0.15, -0.1) is 0 Å². The summed E-state index contributed by atoms with van der Waals surface area (Å²) in [5.74, 6) is 0. The second-order valence-electron chi connectivity index (χ2n) is 5.45. The largest absolute Gasteiger partial charge is 0.315 e. The molecule has 0 unspecified atom stereocenters. The van der Waals surface area contributed by atoms with E-state index in [0.29, 0.717) is 0 Å². The summed E-state index contributed by atoms with van der Waals surface area (Å²) in [6.45, 7) is 5.78. The van der Waals surface area contributed by atoms with Crippen LogP contribution in [0.4, 0.5) is 0 Å².